The first kappa shape index (κ1) is 20.1. The molecule has 0 aromatic heterocycles. The molecule has 3 aliphatic rings. The van der Waals surface area contributed by atoms with Gasteiger partial charge in [-0.1, -0.05) is 12.1 Å². The van der Waals surface area contributed by atoms with Crippen molar-refractivity contribution in [2.75, 3.05) is 34.5 Å². The fourth-order valence-electron chi connectivity index (χ4n) is 5.78. The molecule has 3 atom stereocenters. The van der Waals surface area contributed by atoms with E-state index in [4.69, 9.17) is 23.7 Å². The van der Waals surface area contributed by atoms with Crippen LogP contribution in [0.15, 0.2) is 18.2 Å². The van der Waals surface area contributed by atoms with Crippen molar-refractivity contribution < 1.29 is 28.5 Å². The number of ketones is 1. The highest BCUT2D eigenvalue weighted by molar-refractivity contribution is 6.12. The van der Waals surface area contributed by atoms with E-state index in [2.05, 4.69) is 6.07 Å². The summed E-state index contributed by atoms with van der Waals surface area (Å²) in [4.78, 5) is 13.8. The van der Waals surface area contributed by atoms with Crippen LogP contribution in [0, 0.1) is 23.2 Å². The number of methoxy groups -OCH3 is 3. The number of Topliss-reactive ketones (excluding diaryl/α,β-unsaturated/α-hetero) is 1. The van der Waals surface area contributed by atoms with Crippen molar-refractivity contribution in [2.24, 2.45) is 11.8 Å². The van der Waals surface area contributed by atoms with E-state index in [9.17, 15) is 10.1 Å². The van der Waals surface area contributed by atoms with E-state index >= 15 is 0 Å². The number of benzene rings is 2. The van der Waals surface area contributed by atoms with Crippen molar-refractivity contribution in [3.63, 3.8) is 0 Å². The van der Waals surface area contributed by atoms with Crippen molar-refractivity contribution in [1.82, 2.24) is 0 Å². The number of rotatable bonds is 3. The van der Waals surface area contributed by atoms with Crippen LogP contribution in [0.1, 0.15) is 41.1 Å². The van der Waals surface area contributed by atoms with Gasteiger partial charge in [-0.05, 0) is 18.4 Å². The van der Waals surface area contributed by atoms with Crippen molar-refractivity contribution in [1.29, 1.82) is 5.26 Å². The van der Waals surface area contributed by atoms with Crippen molar-refractivity contribution in [3.8, 4) is 23.3 Å². The third kappa shape index (κ3) is 2.75. The van der Waals surface area contributed by atoms with Crippen LogP contribution in [-0.2, 0) is 9.47 Å². The molecular weight excluding hydrogens is 398 g/mol. The number of carbonyl (C=O) groups is 1. The third-order valence-corrected chi connectivity index (χ3v) is 7.04. The maximum atomic E-state index is 13.8. The Morgan fingerprint density at radius 1 is 1.10 bits per heavy atom. The molecule has 1 saturated heterocycles. The summed E-state index contributed by atoms with van der Waals surface area (Å²) in [5, 5.41) is 11.7. The minimum atomic E-state index is -0.689. The number of ether oxygens (including phenoxy) is 5. The van der Waals surface area contributed by atoms with E-state index in [-0.39, 0.29) is 17.6 Å². The van der Waals surface area contributed by atoms with Gasteiger partial charge in [-0.15, -0.1) is 0 Å². The van der Waals surface area contributed by atoms with Crippen LogP contribution in [0.5, 0.6) is 17.2 Å². The highest BCUT2D eigenvalue weighted by Crippen LogP contribution is 2.57. The second-order valence-corrected chi connectivity index (χ2v) is 8.33. The Kier molecular flexibility index (Phi) is 4.80. The van der Waals surface area contributed by atoms with Gasteiger partial charge in [0.05, 0.1) is 57.5 Å². The summed E-state index contributed by atoms with van der Waals surface area (Å²) < 4.78 is 29.1. The molecule has 2 fully saturated rings. The zero-order chi connectivity index (χ0) is 21.8. The van der Waals surface area contributed by atoms with Crippen LogP contribution in [0.2, 0.25) is 0 Å². The van der Waals surface area contributed by atoms with Crippen LogP contribution < -0.4 is 14.2 Å². The first-order valence-electron chi connectivity index (χ1n) is 10.6. The Labute approximate surface area is 180 Å². The highest BCUT2D eigenvalue weighted by Gasteiger charge is 2.54. The van der Waals surface area contributed by atoms with E-state index in [1.54, 1.807) is 21.3 Å². The molecule has 162 valence electrons. The molecule has 2 aromatic carbocycles. The molecule has 1 saturated carbocycles. The quantitative estimate of drug-likeness (QED) is 0.741. The Morgan fingerprint density at radius 3 is 2.48 bits per heavy atom. The third-order valence-electron chi connectivity index (χ3n) is 7.04. The Bertz CT molecular complexity index is 1100. The Balaban J connectivity index is 1.79. The zero-order valence-corrected chi connectivity index (χ0v) is 17.9. The van der Waals surface area contributed by atoms with Gasteiger partial charge in [0.1, 0.15) is 17.2 Å². The van der Waals surface area contributed by atoms with Crippen LogP contribution in [-0.4, -0.2) is 46.1 Å². The maximum absolute atomic E-state index is 13.8. The van der Waals surface area contributed by atoms with Gasteiger partial charge in [0.25, 0.3) is 0 Å². The molecule has 0 N–H and O–H groups in total. The standard InChI is InChI=1S/C24H25NO6/c1-27-17-6-4-5-14-18(17)23(29-3)20-19(22(14)28-2)16(12-25)15-11-24(30-9-10-31-24)8-7-13(15)21(20)26/h4-6,13,15-16H,7-11H2,1-3H3. The van der Waals surface area contributed by atoms with Gasteiger partial charge in [-0.25, -0.2) is 0 Å². The largest absolute Gasteiger partial charge is 0.496 e. The van der Waals surface area contributed by atoms with Gasteiger partial charge in [0, 0.05) is 29.7 Å². The molecule has 5 rings (SSSR count). The molecule has 0 bridgehead atoms. The van der Waals surface area contributed by atoms with E-state index in [1.165, 1.54) is 0 Å². The van der Waals surface area contributed by atoms with E-state index in [0.717, 1.165) is 5.39 Å². The molecular formula is C24H25NO6. The first-order valence-corrected chi connectivity index (χ1v) is 10.6. The molecule has 2 aromatic rings. The fraction of sp³-hybridized carbons (Fsp3) is 0.500. The second-order valence-electron chi connectivity index (χ2n) is 8.33. The summed E-state index contributed by atoms with van der Waals surface area (Å²) in [6.07, 6.45) is 1.77. The predicted octanol–water partition coefficient (Wildman–Crippen LogP) is 3.83. The van der Waals surface area contributed by atoms with Crippen molar-refractivity contribution >= 4 is 16.6 Å². The smallest absolute Gasteiger partial charge is 0.170 e. The number of hydrogen-bond donors (Lipinski definition) is 0. The van der Waals surface area contributed by atoms with Crippen LogP contribution in [0.3, 0.4) is 0 Å². The normalized spacial score (nSPS) is 26.3. The lowest BCUT2D eigenvalue weighted by Gasteiger charge is -2.45. The fourth-order valence-corrected chi connectivity index (χ4v) is 5.78. The topological polar surface area (TPSA) is 87.0 Å². The van der Waals surface area contributed by atoms with Gasteiger partial charge in [0.2, 0.25) is 0 Å². The van der Waals surface area contributed by atoms with Crippen LogP contribution in [0.25, 0.3) is 10.8 Å². The van der Waals surface area contributed by atoms with E-state index in [1.807, 2.05) is 18.2 Å². The summed E-state index contributed by atoms with van der Waals surface area (Å²) in [7, 11) is 4.70. The zero-order valence-electron chi connectivity index (χ0n) is 17.9. The summed E-state index contributed by atoms with van der Waals surface area (Å²) in [5.41, 5.74) is 1.04. The maximum Gasteiger partial charge on any atom is 0.170 e. The lowest BCUT2D eigenvalue weighted by Crippen LogP contribution is -2.46. The molecule has 7 nitrogen and oxygen atoms in total. The number of nitriles is 1. The molecule has 3 unspecified atom stereocenters. The molecule has 31 heavy (non-hydrogen) atoms. The van der Waals surface area contributed by atoms with Crippen LogP contribution >= 0.6 is 0 Å². The summed E-state index contributed by atoms with van der Waals surface area (Å²) >= 11 is 0. The molecule has 0 amide bonds. The number of hydrogen-bond acceptors (Lipinski definition) is 7. The van der Waals surface area contributed by atoms with Gasteiger partial charge in [-0.2, -0.15) is 5.26 Å². The minimum absolute atomic E-state index is 0.0118. The van der Waals surface area contributed by atoms with Crippen molar-refractivity contribution in [2.45, 2.75) is 31.0 Å². The summed E-state index contributed by atoms with van der Waals surface area (Å²) in [5.74, 6) is -0.180. The molecule has 1 heterocycles. The second kappa shape index (κ2) is 7.40. The van der Waals surface area contributed by atoms with Gasteiger partial charge < -0.3 is 23.7 Å². The summed E-state index contributed by atoms with van der Waals surface area (Å²) in [6, 6.07) is 8.06. The molecule has 0 radical (unpaired) electrons. The number of nitrogens with zero attached hydrogens (tertiary/aromatic N) is 1. The molecule has 7 heteroatoms. The first-order chi connectivity index (χ1) is 15.1. The van der Waals surface area contributed by atoms with E-state index < -0.39 is 11.7 Å². The van der Waals surface area contributed by atoms with Gasteiger partial charge in [0.15, 0.2) is 11.6 Å². The van der Waals surface area contributed by atoms with Crippen LogP contribution in [0.4, 0.5) is 0 Å². The SMILES string of the molecule is COc1c2c(c(OC)c3c(OC)cccc13)C(=O)C1CCC3(CC1C2C#N)OCCO3. The monoisotopic (exact) mass is 423 g/mol. The highest BCUT2D eigenvalue weighted by atomic mass is 16.7. The average Bonchev–Trinajstić information content (AvgIpc) is 3.24. The Hall–Kier alpha value is -2.82. The Morgan fingerprint density at radius 2 is 1.84 bits per heavy atom. The molecule has 1 aliphatic heterocycles. The summed E-state index contributed by atoms with van der Waals surface area (Å²) in [6.45, 7) is 1.08. The average molecular weight is 423 g/mol. The number of fused-ring (bicyclic) bond motifs is 3. The van der Waals surface area contributed by atoms with Gasteiger partial charge in [-0.3, -0.25) is 4.79 Å². The molecule has 2 aliphatic carbocycles. The van der Waals surface area contributed by atoms with Gasteiger partial charge >= 0.3 is 0 Å². The number of carbonyl (C=O) groups excluding carboxylic acids is 1. The van der Waals surface area contributed by atoms with E-state index in [0.29, 0.717) is 66.2 Å². The lowest BCUT2D eigenvalue weighted by atomic mass is 9.61. The molecule has 1 spiro atoms. The minimum Gasteiger partial charge on any atom is -0.496 e. The van der Waals surface area contributed by atoms with Crippen molar-refractivity contribution in [3.05, 3.63) is 29.3 Å². The lowest BCUT2D eigenvalue weighted by molar-refractivity contribution is -0.193. The predicted molar refractivity (Wildman–Crippen MR) is 112 cm³/mol.